The van der Waals surface area contributed by atoms with Crippen LogP contribution in [0.3, 0.4) is 0 Å². The van der Waals surface area contributed by atoms with Gasteiger partial charge in [-0.05, 0) is 35.9 Å². The summed E-state index contributed by atoms with van der Waals surface area (Å²) < 4.78 is 5.18. The number of primary amides is 1. The van der Waals surface area contributed by atoms with Crippen LogP contribution in [0.4, 0.5) is 11.4 Å². The number of para-hydroxylation sites is 1. The molecule has 2 amide bonds. The minimum atomic E-state index is -0.538. The van der Waals surface area contributed by atoms with E-state index < -0.39 is 5.91 Å². The number of nitrogens with two attached hydrogens (primary N) is 1. The van der Waals surface area contributed by atoms with E-state index in [-0.39, 0.29) is 12.5 Å². The van der Waals surface area contributed by atoms with Crippen molar-refractivity contribution in [1.82, 2.24) is 0 Å². The Balaban J connectivity index is 2.02. The van der Waals surface area contributed by atoms with Gasteiger partial charge in [-0.2, -0.15) is 0 Å². The van der Waals surface area contributed by atoms with Gasteiger partial charge in [-0.1, -0.05) is 29.8 Å². The number of benzene rings is 2. The molecule has 0 aliphatic rings. The van der Waals surface area contributed by atoms with Gasteiger partial charge in [-0.3, -0.25) is 9.59 Å². The fraction of sp³-hybridized carbons (Fsp3) is 0.158. The van der Waals surface area contributed by atoms with Gasteiger partial charge in [0, 0.05) is 20.2 Å². The summed E-state index contributed by atoms with van der Waals surface area (Å²) in [6, 6.07) is 12.3. The zero-order valence-electron chi connectivity index (χ0n) is 14.5. The number of carbonyl (C=O) groups excluding carboxylic acids is 2. The minimum absolute atomic E-state index is 0.175. The maximum Gasteiger partial charge on any atom is 0.255 e. The number of nitrogens with one attached hydrogen (secondary N) is 1. The lowest BCUT2D eigenvalue weighted by atomic mass is 10.2. The third-order valence-electron chi connectivity index (χ3n) is 3.38. The molecule has 26 heavy (non-hydrogen) atoms. The first-order valence-electron chi connectivity index (χ1n) is 7.83. The normalized spacial score (nSPS) is 10.6. The number of anilines is 2. The summed E-state index contributed by atoms with van der Waals surface area (Å²) in [4.78, 5) is 24.7. The predicted octanol–water partition coefficient (Wildman–Crippen LogP) is 2.92. The van der Waals surface area contributed by atoms with Crippen molar-refractivity contribution in [2.45, 2.75) is 0 Å². The summed E-state index contributed by atoms with van der Waals surface area (Å²) in [6.45, 7) is -0.175. The molecule has 2 aromatic rings. The predicted molar refractivity (Wildman–Crippen MR) is 105 cm³/mol. The molecule has 0 aliphatic carbocycles. The number of nitrogens with zero attached hydrogens (tertiary/aromatic N) is 1. The highest BCUT2D eigenvalue weighted by Crippen LogP contribution is 2.32. The van der Waals surface area contributed by atoms with Crippen LogP contribution < -0.4 is 20.7 Å². The lowest BCUT2D eigenvalue weighted by Gasteiger charge is -2.18. The van der Waals surface area contributed by atoms with Gasteiger partial charge in [-0.15, -0.1) is 0 Å². The first-order valence-corrected chi connectivity index (χ1v) is 8.20. The molecule has 6 nitrogen and oxygen atoms in total. The number of hydrogen-bond acceptors (Lipinski definition) is 4. The second kappa shape index (κ2) is 8.92. The van der Waals surface area contributed by atoms with E-state index in [1.165, 1.54) is 6.08 Å². The van der Waals surface area contributed by atoms with Crippen LogP contribution in [0.1, 0.15) is 5.56 Å². The van der Waals surface area contributed by atoms with Gasteiger partial charge in [-0.25, -0.2) is 0 Å². The van der Waals surface area contributed by atoms with Crippen molar-refractivity contribution in [2.24, 2.45) is 5.73 Å². The first-order chi connectivity index (χ1) is 12.4. The zero-order chi connectivity index (χ0) is 19.1. The molecular weight excluding hydrogens is 354 g/mol. The fourth-order valence-corrected chi connectivity index (χ4v) is 2.59. The van der Waals surface area contributed by atoms with Gasteiger partial charge in [0.25, 0.3) is 5.91 Å². The van der Waals surface area contributed by atoms with E-state index in [2.05, 4.69) is 5.32 Å². The quantitative estimate of drug-likeness (QED) is 0.731. The van der Waals surface area contributed by atoms with Crippen LogP contribution in [0.25, 0.3) is 6.08 Å². The summed E-state index contributed by atoms with van der Waals surface area (Å²) in [5, 5.41) is 3.38. The molecule has 0 unspecified atom stereocenters. The van der Waals surface area contributed by atoms with Crippen molar-refractivity contribution >= 4 is 40.9 Å². The van der Waals surface area contributed by atoms with Gasteiger partial charge in [0.05, 0.1) is 16.4 Å². The Hall–Kier alpha value is -2.99. The maximum atomic E-state index is 12.2. The molecule has 0 bridgehead atoms. The third kappa shape index (κ3) is 5.53. The van der Waals surface area contributed by atoms with E-state index in [4.69, 9.17) is 22.1 Å². The van der Waals surface area contributed by atoms with Crippen LogP contribution in [-0.2, 0) is 9.59 Å². The summed E-state index contributed by atoms with van der Waals surface area (Å²) in [6.07, 6.45) is 3.10. The molecule has 0 saturated heterocycles. The van der Waals surface area contributed by atoms with Crippen LogP contribution in [0, 0.1) is 0 Å². The minimum Gasteiger partial charge on any atom is -0.484 e. The standard InChI is InChI=1S/C19H20ClN3O3/c1-23(2)19-15(20)4-3-5-16(19)22-18(25)11-8-13-6-9-14(10-7-13)26-12-17(21)24/h3-11H,12H2,1-2H3,(H2,21,24)(H,22,25)/b11-8+. The number of amides is 2. The Morgan fingerprint density at radius 3 is 2.50 bits per heavy atom. The summed E-state index contributed by atoms with van der Waals surface area (Å²) >= 11 is 6.19. The van der Waals surface area contributed by atoms with Gasteiger partial charge in [0.1, 0.15) is 5.75 Å². The molecule has 0 heterocycles. The summed E-state index contributed by atoms with van der Waals surface area (Å²) in [5.74, 6) is -0.284. The topological polar surface area (TPSA) is 84.7 Å². The van der Waals surface area contributed by atoms with Gasteiger partial charge in [0.15, 0.2) is 6.61 Å². The summed E-state index contributed by atoms with van der Waals surface area (Å²) in [5.41, 5.74) is 7.21. The maximum absolute atomic E-state index is 12.2. The second-order valence-corrected chi connectivity index (χ2v) is 6.08. The average Bonchev–Trinajstić information content (AvgIpc) is 2.58. The molecule has 0 atom stereocenters. The molecule has 7 heteroatoms. The molecule has 0 aliphatic heterocycles. The molecule has 2 rings (SSSR count). The number of halogens is 1. The van der Waals surface area contributed by atoms with Crippen molar-refractivity contribution in [2.75, 3.05) is 30.9 Å². The van der Waals surface area contributed by atoms with E-state index in [1.54, 1.807) is 48.5 Å². The van der Waals surface area contributed by atoms with Crippen molar-refractivity contribution < 1.29 is 14.3 Å². The number of carbonyl (C=O) groups is 2. The van der Waals surface area contributed by atoms with E-state index in [1.807, 2.05) is 19.0 Å². The van der Waals surface area contributed by atoms with Crippen LogP contribution in [0.2, 0.25) is 5.02 Å². The number of hydrogen-bond donors (Lipinski definition) is 2. The van der Waals surface area contributed by atoms with Crippen molar-refractivity contribution in [3.8, 4) is 5.75 Å². The molecule has 0 spiro atoms. The molecule has 0 saturated carbocycles. The molecule has 0 fully saturated rings. The largest absolute Gasteiger partial charge is 0.484 e. The smallest absolute Gasteiger partial charge is 0.255 e. The Kier molecular flexibility index (Phi) is 6.63. The van der Waals surface area contributed by atoms with Gasteiger partial charge >= 0.3 is 0 Å². The highest BCUT2D eigenvalue weighted by atomic mass is 35.5. The van der Waals surface area contributed by atoms with Gasteiger partial charge < -0.3 is 20.7 Å². The Morgan fingerprint density at radius 1 is 1.19 bits per heavy atom. The Bertz CT molecular complexity index is 817. The Labute approximate surface area is 157 Å². The van der Waals surface area contributed by atoms with Gasteiger partial charge in [0.2, 0.25) is 5.91 Å². The first kappa shape index (κ1) is 19.3. The SMILES string of the molecule is CN(C)c1c(Cl)cccc1NC(=O)/C=C/c1ccc(OCC(N)=O)cc1. The van der Waals surface area contributed by atoms with Crippen LogP contribution in [0.15, 0.2) is 48.5 Å². The van der Waals surface area contributed by atoms with Crippen molar-refractivity contribution in [1.29, 1.82) is 0 Å². The highest BCUT2D eigenvalue weighted by molar-refractivity contribution is 6.34. The van der Waals surface area contributed by atoms with Crippen molar-refractivity contribution in [3.63, 3.8) is 0 Å². The molecule has 0 radical (unpaired) electrons. The average molecular weight is 374 g/mol. The van der Waals surface area contributed by atoms with E-state index in [9.17, 15) is 9.59 Å². The second-order valence-electron chi connectivity index (χ2n) is 5.68. The fourth-order valence-electron chi connectivity index (χ4n) is 2.25. The van der Waals surface area contributed by atoms with Crippen LogP contribution >= 0.6 is 11.6 Å². The Morgan fingerprint density at radius 2 is 1.88 bits per heavy atom. The van der Waals surface area contributed by atoms with Crippen LogP contribution in [0.5, 0.6) is 5.75 Å². The molecule has 2 aromatic carbocycles. The van der Waals surface area contributed by atoms with E-state index in [0.717, 1.165) is 11.3 Å². The van der Waals surface area contributed by atoms with E-state index in [0.29, 0.717) is 16.5 Å². The lowest BCUT2D eigenvalue weighted by Crippen LogP contribution is -2.19. The third-order valence-corrected chi connectivity index (χ3v) is 3.69. The summed E-state index contributed by atoms with van der Waals surface area (Å²) in [7, 11) is 3.71. The molecular formula is C19H20ClN3O3. The number of ether oxygens (including phenoxy) is 1. The van der Waals surface area contributed by atoms with Crippen molar-refractivity contribution in [3.05, 3.63) is 59.1 Å². The number of rotatable bonds is 7. The molecule has 0 aromatic heterocycles. The molecule has 3 N–H and O–H groups in total. The lowest BCUT2D eigenvalue weighted by molar-refractivity contribution is -0.120. The van der Waals surface area contributed by atoms with Crippen LogP contribution in [-0.4, -0.2) is 32.5 Å². The molecule has 136 valence electrons. The van der Waals surface area contributed by atoms with E-state index >= 15 is 0 Å². The zero-order valence-corrected chi connectivity index (χ0v) is 15.3. The highest BCUT2D eigenvalue weighted by Gasteiger charge is 2.10. The monoisotopic (exact) mass is 373 g/mol.